The van der Waals surface area contributed by atoms with Crippen LogP contribution in [0.15, 0.2) is 54.7 Å². The number of aromatic nitrogens is 1. The molecule has 0 radical (unpaired) electrons. The second kappa shape index (κ2) is 7.88. The molecule has 0 spiro atoms. The SMILES string of the molecule is COc1ccccc1OCCn1cc(CCCN)c2ccccc21. The van der Waals surface area contributed by atoms with E-state index < -0.39 is 0 Å². The van der Waals surface area contributed by atoms with Crippen molar-refractivity contribution >= 4 is 10.9 Å². The summed E-state index contributed by atoms with van der Waals surface area (Å²) in [5.41, 5.74) is 8.26. The van der Waals surface area contributed by atoms with E-state index in [4.69, 9.17) is 15.2 Å². The van der Waals surface area contributed by atoms with Crippen molar-refractivity contribution in [3.8, 4) is 11.5 Å². The van der Waals surface area contributed by atoms with Crippen molar-refractivity contribution in [3.05, 3.63) is 60.3 Å². The maximum atomic E-state index is 5.91. The van der Waals surface area contributed by atoms with Crippen LogP contribution in [0.4, 0.5) is 0 Å². The Morgan fingerprint density at radius 2 is 1.75 bits per heavy atom. The number of hydrogen-bond donors (Lipinski definition) is 1. The van der Waals surface area contributed by atoms with Gasteiger partial charge in [-0.25, -0.2) is 0 Å². The summed E-state index contributed by atoms with van der Waals surface area (Å²) in [5, 5.41) is 1.31. The van der Waals surface area contributed by atoms with Crippen LogP contribution in [-0.4, -0.2) is 24.8 Å². The first-order chi connectivity index (χ1) is 11.8. The maximum Gasteiger partial charge on any atom is 0.161 e. The summed E-state index contributed by atoms with van der Waals surface area (Å²) in [5.74, 6) is 1.54. The van der Waals surface area contributed by atoms with Crippen molar-refractivity contribution in [2.24, 2.45) is 5.73 Å². The summed E-state index contributed by atoms with van der Waals surface area (Å²) in [6, 6.07) is 16.2. The highest BCUT2D eigenvalue weighted by molar-refractivity contribution is 5.84. The van der Waals surface area contributed by atoms with Gasteiger partial charge in [-0.2, -0.15) is 0 Å². The number of hydrogen-bond acceptors (Lipinski definition) is 3. The number of fused-ring (bicyclic) bond motifs is 1. The molecule has 0 fully saturated rings. The van der Waals surface area contributed by atoms with Crippen LogP contribution in [0.25, 0.3) is 10.9 Å². The quantitative estimate of drug-likeness (QED) is 0.688. The molecule has 0 unspecified atom stereocenters. The van der Waals surface area contributed by atoms with Gasteiger partial charge in [0, 0.05) is 17.1 Å². The third-order valence-corrected chi connectivity index (χ3v) is 4.18. The van der Waals surface area contributed by atoms with Gasteiger partial charge in [0.15, 0.2) is 11.5 Å². The molecule has 0 saturated heterocycles. The second-order valence-corrected chi connectivity index (χ2v) is 5.76. The lowest BCUT2D eigenvalue weighted by molar-refractivity contribution is 0.281. The number of benzene rings is 2. The standard InChI is InChI=1S/C20H24N2O2/c1-23-19-10-4-5-11-20(19)24-14-13-22-15-16(7-6-12-21)17-8-2-3-9-18(17)22/h2-5,8-11,15H,6-7,12-14,21H2,1H3. The average Bonchev–Trinajstić information content (AvgIpc) is 2.98. The van der Waals surface area contributed by atoms with Gasteiger partial charge >= 0.3 is 0 Å². The van der Waals surface area contributed by atoms with Crippen LogP contribution in [0.5, 0.6) is 11.5 Å². The van der Waals surface area contributed by atoms with Crippen LogP contribution < -0.4 is 15.2 Å². The Morgan fingerprint density at radius 3 is 2.54 bits per heavy atom. The number of ether oxygens (including phenoxy) is 2. The largest absolute Gasteiger partial charge is 0.493 e. The normalized spacial score (nSPS) is 10.9. The number of nitrogens with zero attached hydrogens (tertiary/aromatic N) is 1. The summed E-state index contributed by atoms with van der Waals surface area (Å²) < 4.78 is 13.5. The molecule has 0 aliphatic heterocycles. The minimum atomic E-state index is 0.593. The summed E-state index contributed by atoms with van der Waals surface area (Å²) >= 11 is 0. The molecule has 1 heterocycles. The average molecular weight is 324 g/mol. The molecule has 4 nitrogen and oxygen atoms in total. The van der Waals surface area contributed by atoms with Crippen molar-refractivity contribution in [1.82, 2.24) is 4.57 Å². The van der Waals surface area contributed by atoms with Gasteiger partial charge in [0.1, 0.15) is 6.61 Å². The van der Waals surface area contributed by atoms with E-state index in [9.17, 15) is 0 Å². The van der Waals surface area contributed by atoms with Gasteiger partial charge in [-0.3, -0.25) is 0 Å². The third kappa shape index (κ3) is 3.54. The zero-order chi connectivity index (χ0) is 16.8. The molecule has 0 amide bonds. The van der Waals surface area contributed by atoms with Gasteiger partial charge < -0.3 is 19.8 Å². The zero-order valence-electron chi connectivity index (χ0n) is 14.1. The summed E-state index contributed by atoms with van der Waals surface area (Å²) in [6.07, 6.45) is 4.25. The van der Waals surface area contributed by atoms with Gasteiger partial charge in [-0.05, 0) is 43.1 Å². The Morgan fingerprint density at radius 1 is 1.00 bits per heavy atom. The molecule has 0 atom stereocenters. The van der Waals surface area contributed by atoms with Gasteiger partial charge in [-0.1, -0.05) is 30.3 Å². The molecular formula is C20H24N2O2. The lowest BCUT2D eigenvalue weighted by atomic mass is 10.1. The first-order valence-electron chi connectivity index (χ1n) is 8.36. The Balaban J connectivity index is 1.73. The fourth-order valence-corrected chi connectivity index (χ4v) is 2.99. The van der Waals surface area contributed by atoms with E-state index in [0.29, 0.717) is 6.61 Å². The van der Waals surface area contributed by atoms with Crippen LogP contribution in [0.3, 0.4) is 0 Å². The molecule has 126 valence electrons. The molecule has 0 aliphatic rings. The number of methoxy groups -OCH3 is 1. The van der Waals surface area contributed by atoms with Crippen LogP contribution in [0.2, 0.25) is 0 Å². The van der Waals surface area contributed by atoms with Crippen LogP contribution in [-0.2, 0) is 13.0 Å². The number of nitrogens with two attached hydrogens (primary N) is 1. The molecule has 3 aromatic rings. The fourth-order valence-electron chi connectivity index (χ4n) is 2.99. The topological polar surface area (TPSA) is 49.4 Å². The minimum Gasteiger partial charge on any atom is -0.493 e. The van der Waals surface area contributed by atoms with E-state index in [-0.39, 0.29) is 0 Å². The van der Waals surface area contributed by atoms with E-state index in [2.05, 4.69) is 35.0 Å². The smallest absolute Gasteiger partial charge is 0.161 e. The maximum absolute atomic E-state index is 5.91. The molecular weight excluding hydrogens is 300 g/mol. The molecule has 2 N–H and O–H groups in total. The van der Waals surface area contributed by atoms with E-state index >= 15 is 0 Å². The lowest BCUT2D eigenvalue weighted by Gasteiger charge is -2.11. The zero-order valence-corrected chi connectivity index (χ0v) is 14.1. The van der Waals surface area contributed by atoms with Crippen molar-refractivity contribution in [2.75, 3.05) is 20.3 Å². The van der Waals surface area contributed by atoms with Crippen molar-refractivity contribution in [3.63, 3.8) is 0 Å². The van der Waals surface area contributed by atoms with E-state index in [1.54, 1.807) is 7.11 Å². The Kier molecular flexibility index (Phi) is 5.39. The predicted octanol–water partition coefficient (Wildman–Crippen LogP) is 3.62. The van der Waals surface area contributed by atoms with Crippen molar-refractivity contribution < 1.29 is 9.47 Å². The summed E-state index contributed by atoms with van der Waals surface area (Å²) in [6.45, 7) is 2.10. The Labute approximate surface area is 142 Å². The molecule has 24 heavy (non-hydrogen) atoms. The van der Waals surface area contributed by atoms with E-state index in [1.165, 1.54) is 16.5 Å². The van der Waals surface area contributed by atoms with E-state index in [0.717, 1.165) is 37.4 Å². The Bertz CT molecular complexity index is 795. The van der Waals surface area contributed by atoms with Crippen LogP contribution in [0.1, 0.15) is 12.0 Å². The highest BCUT2D eigenvalue weighted by atomic mass is 16.5. The highest BCUT2D eigenvalue weighted by Crippen LogP contribution is 2.26. The second-order valence-electron chi connectivity index (χ2n) is 5.76. The van der Waals surface area contributed by atoms with Gasteiger partial charge in [-0.15, -0.1) is 0 Å². The number of rotatable bonds is 8. The first-order valence-corrected chi connectivity index (χ1v) is 8.36. The van der Waals surface area contributed by atoms with Gasteiger partial charge in [0.05, 0.1) is 13.7 Å². The molecule has 0 saturated carbocycles. The van der Waals surface area contributed by atoms with Gasteiger partial charge in [0.2, 0.25) is 0 Å². The van der Waals surface area contributed by atoms with Crippen LogP contribution in [0, 0.1) is 0 Å². The minimum absolute atomic E-state index is 0.593. The van der Waals surface area contributed by atoms with Crippen molar-refractivity contribution in [2.45, 2.75) is 19.4 Å². The molecule has 0 aliphatic carbocycles. The summed E-state index contributed by atoms with van der Waals surface area (Å²) in [4.78, 5) is 0. The highest BCUT2D eigenvalue weighted by Gasteiger charge is 2.08. The van der Waals surface area contributed by atoms with Crippen LogP contribution >= 0.6 is 0 Å². The summed E-state index contributed by atoms with van der Waals surface area (Å²) in [7, 11) is 1.66. The monoisotopic (exact) mass is 324 g/mol. The number of aryl methyl sites for hydroxylation is 1. The molecule has 0 bridgehead atoms. The lowest BCUT2D eigenvalue weighted by Crippen LogP contribution is -2.08. The molecule has 4 heteroatoms. The number of para-hydroxylation sites is 3. The van der Waals surface area contributed by atoms with E-state index in [1.807, 2.05) is 24.3 Å². The fraction of sp³-hybridized carbons (Fsp3) is 0.300. The Hall–Kier alpha value is -2.46. The molecule has 3 rings (SSSR count). The molecule has 1 aromatic heterocycles. The van der Waals surface area contributed by atoms with Crippen molar-refractivity contribution in [1.29, 1.82) is 0 Å². The predicted molar refractivity (Wildman–Crippen MR) is 97.8 cm³/mol. The first kappa shape index (κ1) is 16.4. The molecule has 2 aromatic carbocycles. The van der Waals surface area contributed by atoms with Gasteiger partial charge in [0.25, 0.3) is 0 Å². The third-order valence-electron chi connectivity index (χ3n) is 4.18.